The van der Waals surface area contributed by atoms with Gasteiger partial charge in [-0.1, -0.05) is 6.07 Å². The number of rotatable bonds is 2. The lowest BCUT2D eigenvalue weighted by Gasteiger charge is -1.96. The summed E-state index contributed by atoms with van der Waals surface area (Å²) in [5.74, 6) is -1.03. The zero-order valence-electron chi connectivity index (χ0n) is 7.75. The molecule has 3 N–H and O–H groups in total. The average Bonchev–Trinajstić information content (AvgIpc) is 2.59. The van der Waals surface area contributed by atoms with E-state index < -0.39 is 5.97 Å². The van der Waals surface area contributed by atoms with E-state index in [0.717, 1.165) is 5.56 Å². The van der Waals surface area contributed by atoms with Crippen LogP contribution in [0, 0.1) is 0 Å². The first kappa shape index (κ1) is 11.5. The van der Waals surface area contributed by atoms with Gasteiger partial charge in [0.25, 0.3) is 0 Å². The Morgan fingerprint density at radius 1 is 1.47 bits per heavy atom. The van der Waals surface area contributed by atoms with Crippen molar-refractivity contribution in [1.29, 1.82) is 0 Å². The molecule has 15 heavy (non-hydrogen) atoms. The highest BCUT2D eigenvalue weighted by molar-refractivity contribution is 5.86. The summed E-state index contributed by atoms with van der Waals surface area (Å²) in [6, 6.07) is 3.57. The summed E-state index contributed by atoms with van der Waals surface area (Å²) in [4.78, 5) is 14.5. The number of carboxylic acids is 1. The minimum Gasteiger partial charge on any atom is -0.476 e. The fourth-order valence-corrected chi connectivity index (χ4v) is 1.26. The third-order valence-electron chi connectivity index (χ3n) is 1.97. The summed E-state index contributed by atoms with van der Waals surface area (Å²) < 4.78 is 1.66. The van der Waals surface area contributed by atoms with Crippen LogP contribution in [0.4, 0.5) is 0 Å². The molecule has 2 aromatic rings. The number of imidazole rings is 1. The fraction of sp³-hybridized carbons (Fsp3) is 0.111. The van der Waals surface area contributed by atoms with Crippen LogP contribution in [-0.2, 0) is 6.54 Å². The van der Waals surface area contributed by atoms with Crippen molar-refractivity contribution in [3.05, 3.63) is 35.8 Å². The molecule has 0 radical (unpaired) electrons. The Labute approximate surface area is 91.9 Å². The van der Waals surface area contributed by atoms with Crippen molar-refractivity contribution < 1.29 is 9.90 Å². The third kappa shape index (κ3) is 2.08. The van der Waals surface area contributed by atoms with Crippen LogP contribution in [0.1, 0.15) is 16.1 Å². The van der Waals surface area contributed by atoms with E-state index in [2.05, 4.69) is 4.98 Å². The number of hydrogen-bond acceptors (Lipinski definition) is 3. The summed E-state index contributed by atoms with van der Waals surface area (Å²) in [6.45, 7) is 0.427. The second kappa shape index (κ2) is 4.29. The molecule has 6 heteroatoms. The maximum absolute atomic E-state index is 10.6. The van der Waals surface area contributed by atoms with Crippen LogP contribution in [0.5, 0.6) is 0 Å². The number of fused-ring (bicyclic) bond motifs is 1. The summed E-state index contributed by atoms with van der Waals surface area (Å²) in [5, 5.41) is 8.71. The molecular formula is C9H10ClN3O2. The van der Waals surface area contributed by atoms with Gasteiger partial charge in [-0.15, -0.1) is 12.4 Å². The van der Waals surface area contributed by atoms with Crippen LogP contribution < -0.4 is 5.73 Å². The summed E-state index contributed by atoms with van der Waals surface area (Å²) in [6.07, 6.45) is 3.24. The molecule has 0 aliphatic carbocycles. The van der Waals surface area contributed by atoms with Crippen molar-refractivity contribution in [3.63, 3.8) is 0 Å². The van der Waals surface area contributed by atoms with Gasteiger partial charge in [0.2, 0.25) is 0 Å². The van der Waals surface area contributed by atoms with Gasteiger partial charge in [0.15, 0.2) is 5.69 Å². The Hall–Kier alpha value is -1.59. The van der Waals surface area contributed by atoms with Crippen LogP contribution in [0.3, 0.4) is 0 Å². The number of pyridine rings is 1. The Morgan fingerprint density at radius 3 is 2.80 bits per heavy atom. The minimum absolute atomic E-state index is 0. The molecule has 2 heterocycles. The van der Waals surface area contributed by atoms with Gasteiger partial charge in [0, 0.05) is 18.9 Å². The Bertz CT molecular complexity index is 495. The summed E-state index contributed by atoms with van der Waals surface area (Å²) >= 11 is 0. The van der Waals surface area contributed by atoms with Gasteiger partial charge in [0.05, 0.1) is 0 Å². The highest BCUT2D eigenvalue weighted by atomic mass is 35.5. The van der Waals surface area contributed by atoms with Crippen molar-refractivity contribution in [2.24, 2.45) is 5.73 Å². The van der Waals surface area contributed by atoms with Gasteiger partial charge >= 0.3 is 5.97 Å². The number of nitrogens with two attached hydrogens (primary N) is 1. The van der Waals surface area contributed by atoms with Crippen molar-refractivity contribution in [3.8, 4) is 0 Å². The van der Waals surface area contributed by atoms with E-state index in [1.54, 1.807) is 16.7 Å². The fourth-order valence-electron chi connectivity index (χ4n) is 1.26. The number of nitrogens with zero attached hydrogens (tertiary/aromatic N) is 2. The van der Waals surface area contributed by atoms with Crippen molar-refractivity contribution >= 4 is 24.0 Å². The molecule has 0 saturated carbocycles. The first-order chi connectivity index (χ1) is 6.70. The Morgan fingerprint density at radius 2 is 2.20 bits per heavy atom. The van der Waals surface area contributed by atoms with E-state index >= 15 is 0 Å². The highest BCUT2D eigenvalue weighted by Gasteiger charge is 2.07. The largest absolute Gasteiger partial charge is 0.476 e. The second-order valence-corrected chi connectivity index (χ2v) is 2.94. The molecule has 0 spiro atoms. The van der Waals surface area contributed by atoms with E-state index in [9.17, 15) is 4.79 Å². The number of carbonyl (C=O) groups is 1. The molecule has 2 aromatic heterocycles. The quantitative estimate of drug-likeness (QED) is 0.799. The lowest BCUT2D eigenvalue weighted by molar-refractivity contribution is 0.0691. The number of carboxylic acid groups (broad SMARTS) is 1. The summed E-state index contributed by atoms with van der Waals surface area (Å²) in [5.41, 5.74) is 7.05. The molecule has 0 aromatic carbocycles. The van der Waals surface area contributed by atoms with Gasteiger partial charge < -0.3 is 15.2 Å². The molecule has 80 valence electrons. The average molecular weight is 228 g/mol. The SMILES string of the molecule is Cl.NCc1ccc2nc(C(=O)O)cn2c1. The maximum atomic E-state index is 10.6. The standard InChI is InChI=1S/C9H9N3O2.ClH/c10-3-6-1-2-8-11-7(9(13)14)5-12(8)4-6;/h1-2,4-5H,3,10H2,(H,13,14);1H. The second-order valence-electron chi connectivity index (χ2n) is 2.94. The van der Waals surface area contributed by atoms with Crippen LogP contribution in [0.25, 0.3) is 5.65 Å². The van der Waals surface area contributed by atoms with Crippen molar-refractivity contribution in [2.75, 3.05) is 0 Å². The molecule has 0 saturated heterocycles. The molecule has 0 aliphatic heterocycles. The number of aromatic carboxylic acids is 1. The Balaban J connectivity index is 0.00000112. The highest BCUT2D eigenvalue weighted by Crippen LogP contribution is 2.07. The molecule has 2 rings (SSSR count). The van der Waals surface area contributed by atoms with E-state index in [1.165, 1.54) is 6.20 Å². The monoisotopic (exact) mass is 227 g/mol. The van der Waals surface area contributed by atoms with Gasteiger partial charge in [-0.25, -0.2) is 9.78 Å². The maximum Gasteiger partial charge on any atom is 0.356 e. The number of hydrogen-bond donors (Lipinski definition) is 2. The zero-order valence-corrected chi connectivity index (χ0v) is 8.57. The Kier molecular flexibility index (Phi) is 3.28. The lowest BCUT2D eigenvalue weighted by Crippen LogP contribution is -1.97. The molecule has 0 atom stereocenters. The smallest absolute Gasteiger partial charge is 0.356 e. The first-order valence-corrected chi connectivity index (χ1v) is 4.11. The normalized spacial score (nSPS) is 9.93. The predicted molar refractivity (Wildman–Crippen MR) is 57.3 cm³/mol. The number of aromatic nitrogens is 2. The minimum atomic E-state index is -1.03. The van der Waals surface area contributed by atoms with Gasteiger partial charge in [-0.3, -0.25) is 0 Å². The van der Waals surface area contributed by atoms with Crippen LogP contribution in [0.2, 0.25) is 0 Å². The molecule has 0 aliphatic rings. The van der Waals surface area contributed by atoms with E-state index in [1.807, 2.05) is 6.07 Å². The van der Waals surface area contributed by atoms with E-state index in [4.69, 9.17) is 10.8 Å². The predicted octanol–water partition coefficient (Wildman–Crippen LogP) is 0.913. The van der Waals surface area contributed by atoms with Crippen LogP contribution in [0.15, 0.2) is 24.5 Å². The molecule has 0 fully saturated rings. The van der Waals surface area contributed by atoms with E-state index in [-0.39, 0.29) is 18.1 Å². The summed E-state index contributed by atoms with van der Waals surface area (Å²) in [7, 11) is 0. The topological polar surface area (TPSA) is 80.6 Å². The lowest BCUT2D eigenvalue weighted by atomic mass is 10.3. The molecule has 0 bridgehead atoms. The zero-order chi connectivity index (χ0) is 10.1. The van der Waals surface area contributed by atoms with E-state index in [0.29, 0.717) is 12.2 Å². The molecular weight excluding hydrogens is 218 g/mol. The van der Waals surface area contributed by atoms with Gasteiger partial charge in [-0.2, -0.15) is 0 Å². The molecule has 0 unspecified atom stereocenters. The van der Waals surface area contributed by atoms with Gasteiger partial charge in [-0.05, 0) is 11.6 Å². The van der Waals surface area contributed by atoms with Crippen LogP contribution in [-0.4, -0.2) is 20.5 Å². The van der Waals surface area contributed by atoms with Crippen molar-refractivity contribution in [2.45, 2.75) is 6.54 Å². The first-order valence-electron chi connectivity index (χ1n) is 4.11. The van der Waals surface area contributed by atoms with Crippen molar-refractivity contribution in [1.82, 2.24) is 9.38 Å². The number of halogens is 1. The molecule has 0 amide bonds. The van der Waals surface area contributed by atoms with Gasteiger partial charge in [0.1, 0.15) is 5.65 Å². The van der Waals surface area contributed by atoms with Crippen LogP contribution >= 0.6 is 12.4 Å². The molecule has 5 nitrogen and oxygen atoms in total. The third-order valence-corrected chi connectivity index (χ3v) is 1.97.